The van der Waals surface area contributed by atoms with E-state index in [1.807, 2.05) is 0 Å². The zero-order chi connectivity index (χ0) is 13.0. The molecule has 5 heteroatoms. The van der Waals surface area contributed by atoms with E-state index < -0.39 is 0 Å². The van der Waals surface area contributed by atoms with Gasteiger partial charge >= 0.3 is 0 Å². The summed E-state index contributed by atoms with van der Waals surface area (Å²) in [5.41, 5.74) is -0.0777. The summed E-state index contributed by atoms with van der Waals surface area (Å²) >= 11 is 5.80. The highest BCUT2D eigenvalue weighted by atomic mass is 35.5. The summed E-state index contributed by atoms with van der Waals surface area (Å²) in [5.74, 6) is 0.385. The average molecular weight is 270 g/mol. The smallest absolute Gasteiger partial charge is 0.257 e. The van der Waals surface area contributed by atoms with Gasteiger partial charge in [0.05, 0.1) is 6.61 Å². The van der Waals surface area contributed by atoms with Gasteiger partial charge in [0.2, 0.25) is 0 Å². The molecule has 0 aliphatic heterocycles. The van der Waals surface area contributed by atoms with Crippen LogP contribution >= 0.6 is 11.6 Å². The lowest BCUT2D eigenvalue weighted by molar-refractivity contribution is -0.123. The SMILES string of the molecule is O=C(COc1cccc(Cl)c1)NCC1(CO)CC1. The lowest BCUT2D eigenvalue weighted by atomic mass is 10.1. The molecule has 2 N–H and O–H groups in total. The molecular weight excluding hydrogens is 254 g/mol. The van der Waals surface area contributed by atoms with Crippen LogP contribution in [0.5, 0.6) is 5.75 Å². The van der Waals surface area contributed by atoms with Crippen LogP contribution in [0.3, 0.4) is 0 Å². The molecule has 0 bridgehead atoms. The van der Waals surface area contributed by atoms with Crippen LogP contribution in [0, 0.1) is 5.41 Å². The summed E-state index contributed by atoms with van der Waals surface area (Å²) in [5, 5.41) is 12.4. The van der Waals surface area contributed by atoms with Crippen molar-refractivity contribution in [2.45, 2.75) is 12.8 Å². The number of carbonyl (C=O) groups excluding carboxylic acids is 1. The molecule has 1 aromatic carbocycles. The summed E-state index contributed by atoms with van der Waals surface area (Å²) in [7, 11) is 0. The Morgan fingerprint density at radius 2 is 2.28 bits per heavy atom. The standard InChI is InChI=1S/C13H16ClNO3/c14-10-2-1-3-11(6-10)18-7-12(17)15-8-13(9-16)4-5-13/h1-3,6,16H,4-5,7-9H2,(H,15,17). The fraction of sp³-hybridized carbons (Fsp3) is 0.462. The first-order valence-corrected chi connectivity index (χ1v) is 6.27. The minimum atomic E-state index is -0.185. The third-order valence-electron chi connectivity index (χ3n) is 3.12. The predicted octanol–water partition coefficient (Wildman–Crippen LogP) is 1.61. The van der Waals surface area contributed by atoms with Crippen molar-refractivity contribution in [1.82, 2.24) is 5.32 Å². The van der Waals surface area contributed by atoms with E-state index in [1.165, 1.54) is 0 Å². The van der Waals surface area contributed by atoms with Gasteiger partial charge in [0.15, 0.2) is 6.61 Å². The normalized spacial score (nSPS) is 16.1. The van der Waals surface area contributed by atoms with Crippen molar-refractivity contribution in [3.05, 3.63) is 29.3 Å². The van der Waals surface area contributed by atoms with Crippen LogP contribution in [0.4, 0.5) is 0 Å². The van der Waals surface area contributed by atoms with E-state index in [1.54, 1.807) is 24.3 Å². The highest BCUT2D eigenvalue weighted by molar-refractivity contribution is 6.30. The Hall–Kier alpha value is -1.26. The van der Waals surface area contributed by atoms with Crippen molar-refractivity contribution < 1.29 is 14.6 Å². The molecule has 0 aromatic heterocycles. The molecule has 1 aliphatic rings. The van der Waals surface area contributed by atoms with Crippen LogP contribution in [-0.2, 0) is 4.79 Å². The quantitative estimate of drug-likeness (QED) is 0.825. The Balaban J connectivity index is 1.72. The molecule has 1 aromatic rings. The second kappa shape index (κ2) is 5.59. The maximum absolute atomic E-state index is 11.5. The van der Waals surface area contributed by atoms with Gasteiger partial charge in [-0.25, -0.2) is 0 Å². The summed E-state index contributed by atoms with van der Waals surface area (Å²) < 4.78 is 5.31. The molecular formula is C13H16ClNO3. The second-order valence-electron chi connectivity index (χ2n) is 4.68. The van der Waals surface area contributed by atoms with Gasteiger partial charge in [-0.15, -0.1) is 0 Å². The van der Waals surface area contributed by atoms with Crippen LogP contribution in [0.25, 0.3) is 0 Å². The number of nitrogens with one attached hydrogen (secondary N) is 1. The number of aliphatic hydroxyl groups excluding tert-OH is 1. The highest BCUT2D eigenvalue weighted by Gasteiger charge is 2.42. The van der Waals surface area contributed by atoms with Gasteiger partial charge in [0.25, 0.3) is 5.91 Å². The van der Waals surface area contributed by atoms with Crippen molar-refractivity contribution >= 4 is 17.5 Å². The van der Waals surface area contributed by atoms with Crippen LogP contribution in [0.15, 0.2) is 24.3 Å². The Morgan fingerprint density at radius 3 is 2.89 bits per heavy atom. The summed E-state index contributed by atoms with van der Waals surface area (Å²) in [6.07, 6.45) is 1.94. The first-order chi connectivity index (χ1) is 8.63. The van der Waals surface area contributed by atoms with Crippen molar-refractivity contribution in [3.63, 3.8) is 0 Å². The van der Waals surface area contributed by atoms with Gasteiger partial charge in [-0.05, 0) is 31.0 Å². The molecule has 0 atom stereocenters. The topological polar surface area (TPSA) is 58.6 Å². The maximum atomic E-state index is 11.5. The third kappa shape index (κ3) is 3.62. The van der Waals surface area contributed by atoms with E-state index in [0.717, 1.165) is 12.8 Å². The zero-order valence-corrected chi connectivity index (χ0v) is 10.7. The Labute approximate surface area is 111 Å². The van der Waals surface area contributed by atoms with Crippen LogP contribution in [-0.4, -0.2) is 30.8 Å². The number of hydrogen-bond donors (Lipinski definition) is 2. The Morgan fingerprint density at radius 1 is 1.50 bits per heavy atom. The van der Waals surface area contributed by atoms with Gasteiger partial charge in [0.1, 0.15) is 5.75 Å². The van der Waals surface area contributed by atoms with Gasteiger partial charge in [-0.2, -0.15) is 0 Å². The van der Waals surface area contributed by atoms with Crippen molar-refractivity contribution in [1.29, 1.82) is 0 Å². The van der Waals surface area contributed by atoms with E-state index in [0.29, 0.717) is 17.3 Å². The van der Waals surface area contributed by atoms with E-state index in [4.69, 9.17) is 21.4 Å². The maximum Gasteiger partial charge on any atom is 0.257 e. The summed E-state index contributed by atoms with van der Waals surface area (Å²) in [4.78, 5) is 11.5. The molecule has 0 saturated heterocycles. The highest BCUT2D eigenvalue weighted by Crippen LogP contribution is 2.44. The van der Waals surface area contributed by atoms with E-state index in [2.05, 4.69) is 5.32 Å². The summed E-state index contributed by atoms with van der Waals surface area (Å²) in [6.45, 7) is 0.603. The van der Waals surface area contributed by atoms with Gasteiger partial charge in [-0.3, -0.25) is 4.79 Å². The number of aliphatic hydroxyl groups is 1. The van der Waals surface area contributed by atoms with Crippen LogP contribution in [0.1, 0.15) is 12.8 Å². The molecule has 4 nitrogen and oxygen atoms in total. The van der Waals surface area contributed by atoms with E-state index in [-0.39, 0.29) is 24.5 Å². The number of hydrogen-bond acceptors (Lipinski definition) is 3. The molecule has 0 heterocycles. The molecule has 1 amide bonds. The molecule has 0 unspecified atom stereocenters. The Kier molecular flexibility index (Phi) is 4.09. The monoisotopic (exact) mass is 269 g/mol. The molecule has 2 rings (SSSR count). The third-order valence-corrected chi connectivity index (χ3v) is 3.35. The molecule has 1 aliphatic carbocycles. The predicted molar refractivity (Wildman–Crippen MR) is 68.7 cm³/mol. The number of carbonyl (C=O) groups is 1. The van der Waals surface area contributed by atoms with Gasteiger partial charge < -0.3 is 15.2 Å². The number of ether oxygens (including phenoxy) is 1. The fourth-order valence-electron chi connectivity index (χ4n) is 1.61. The van der Waals surface area contributed by atoms with Crippen molar-refractivity contribution in [3.8, 4) is 5.75 Å². The minimum absolute atomic E-state index is 0.0398. The molecule has 0 radical (unpaired) electrons. The largest absolute Gasteiger partial charge is 0.484 e. The van der Waals surface area contributed by atoms with Crippen LogP contribution < -0.4 is 10.1 Å². The Bertz CT molecular complexity index is 432. The number of amides is 1. The molecule has 98 valence electrons. The fourth-order valence-corrected chi connectivity index (χ4v) is 1.79. The lowest BCUT2D eigenvalue weighted by Crippen LogP contribution is -2.35. The minimum Gasteiger partial charge on any atom is -0.484 e. The van der Waals surface area contributed by atoms with Crippen molar-refractivity contribution in [2.75, 3.05) is 19.8 Å². The molecule has 1 saturated carbocycles. The van der Waals surface area contributed by atoms with E-state index in [9.17, 15) is 4.79 Å². The summed E-state index contributed by atoms with van der Waals surface area (Å²) in [6, 6.07) is 6.91. The molecule has 18 heavy (non-hydrogen) atoms. The number of halogens is 1. The van der Waals surface area contributed by atoms with Crippen molar-refractivity contribution in [2.24, 2.45) is 5.41 Å². The first kappa shape index (κ1) is 13.2. The molecule has 0 spiro atoms. The lowest BCUT2D eigenvalue weighted by Gasteiger charge is -2.13. The second-order valence-corrected chi connectivity index (χ2v) is 5.12. The number of rotatable bonds is 6. The molecule has 1 fully saturated rings. The number of benzene rings is 1. The van der Waals surface area contributed by atoms with Gasteiger partial charge in [-0.1, -0.05) is 17.7 Å². The van der Waals surface area contributed by atoms with E-state index >= 15 is 0 Å². The average Bonchev–Trinajstić information content (AvgIpc) is 3.15. The van der Waals surface area contributed by atoms with Crippen LogP contribution in [0.2, 0.25) is 5.02 Å². The zero-order valence-electron chi connectivity index (χ0n) is 9.99. The first-order valence-electron chi connectivity index (χ1n) is 5.89. The van der Waals surface area contributed by atoms with Gasteiger partial charge in [0, 0.05) is 17.0 Å².